The molecule has 2 aromatic carbocycles. The van der Waals surface area contributed by atoms with Gasteiger partial charge < -0.3 is 10.3 Å². The number of rotatable bonds is 7. The molecule has 1 amide bonds. The van der Waals surface area contributed by atoms with Gasteiger partial charge in [0, 0.05) is 35.6 Å². The van der Waals surface area contributed by atoms with Crippen LogP contribution in [0.2, 0.25) is 0 Å². The first-order chi connectivity index (χ1) is 18.4. The van der Waals surface area contributed by atoms with Gasteiger partial charge in [-0.2, -0.15) is 9.40 Å². The molecule has 0 fully saturated rings. The number of carbonyl (C=O) groups excluding carboxylic acids is 2. The molecule has 2 aromatic heterocycles. The van der Waals surface area contributed by atoms with E-state index < -0.39 is 49.6 Å². The second-order valence-electron chi connectivity index (χ2n) is 9.53. The molecule has 0 bridgehead atoms. The lowest BCUT2D eigenvalue weighted by Crippen LogP contribution is -2.40. The first-order valence-corrected chi connectivity index (χ1v) is 13.1. The number of benzene rings is 2. The van der Waals surface area contributed by atoms with Crippen LogP contribution in [0.15, 0.2) is 59.6 Å². The zero-order valence-electron chi connectivity index (χ0n) is 20.7. The van der Waals surface area contributed by atoms with Crippen molar-refractivity contribution < 1.29 is 31.2 Å². The molecular weight excluding hydrogens is 535 g/mol. The summed E-state index contributed by atoms with van der Waals surface area (Å²) in [6.45, 7) is 2.97. The van der Waals surface area contributed by atoms with Gasteiger partial charge in [-0.05, 0) is 56.3 Å². The highest BCUT2D eigenvalue weighted by molar-refractivity contribution is 7.89. The van der Waals surface area contributed by atoms with E-state index in [1.165, 1.54) is 12.1 Å². The van der Waals surface area contributed by atoms with Gasteiger partial charge in [-0.1, -0.05) is 0 Å². The van der Waals surface area contributed by atoms with E-state index in [1.807, 2.05) is 0 Å². The number of nitrogens with zero attached hydrogens (tertiary/aromatic N) is 2. The molecule has 0 saturated heterocycles. The van der Waals surface area contributed by atoms with Crippen LogP contribution in [0.3, 0.4) is 0 Å². The molecule has 0 saturated carbocycles. The van der Waals surface area contributed by atoms with Crippen molar-refractivity contribution in [3.63, 3.8) is 0 Å². The number of nitrogens with one attached hydrogen (secondary N) is 3. The predicted molar refractivity (Wildman–Crippen MR) is 134 cm³/mol. The Morgan fingerprint density at radius 1 is 1.05 bits per heavy atom. The molecule has 13 heteroatoms. The first-order valence-electron chi connectivity index (χ1n) is 11.7. The molecule has 5 rings (SSSR count). The number of Topliss-reactive ketones (excluding diaryl/α,β-unsaturated/α-hetero) is 1. The molecular formula is C26H22F3N5O4S. The molecule has 0 spiro atoms. The van der Waals surface area contributed by atoms with Crippen LogP contribution in [0.1, 0.15) is 51.6 Å². The molecule has 39 heavy (non-hydrogen) atoms. The van der Waals surface area contributed by atoms with Crippen LogP contribution in [-0.2, 0) is 28.5 Å². The van der Waals surface area contributed by atoms with E-state index in [0.717, 1.165) is 28.6 Å². The van der Waals surface area contributed by atoms with E-state index in [9.17, 15) is 31.2 Å². The summed E-state index contributed by atoms with van der Waals surface area (Å²) in [7, 11) is -4.35. The molecule has 0 atom stereocenters. The van der Waals surface area contributed by atoms with E-state index in [-0.39, 0.29) is 29.9 Å². The normalized spacial score (nSPS) is 14.8. The Balaban J connectivity index is 1.43. The number of aromatic amines is 2. The highest BCUT2D eigenvalue weighted by Gasteiger charge is 2.48. The molecule has 202 valence electrons. The average Bonchev–Trinajstić information content (AvgIpc) is 3.57. The maximum Gasteiger partial charge on any atom is 0.272 e. The minimum atomic E-state index is -4.35. The van der Waals surface area contributed by atoms with Gasteiger partial charge in [-0.3, -0.25) is 14.7 Å². The standard InChI is InChI=1S/C26H22F3N5O4S/c1-26(2)24-19(13-34(26)39(37,38)17-9-15(28)8-16(29)10-17)22(32-33-24)12-23(35)18-6-5-14(27)11-21(18)31-25(36)20-4-3-7-30-20/h3-11,30H,12-13H2,1-2H3,(H,31,36)(H,32,33). The second-order valence-corrected chi connectivity index (χ2v) is 11.4. The van der Waals surface area contributed by atoms with Gasteiger partial charge in [0.2, 0.25) is 10.0 Å². The number of halogens is 3. The van der Waals surface area contributed by atoms with Gasteiger partial charge in [0.1, 0.15) is 23.1 Å². The highest BCUT2D eigenvalue weighted by atomic mass is 32.2. The summed E-state index contributed by atoms with van der Waals surface area (Å²) < 4.78 is 69.4. The topological polar surface area (TPSA) is 128 Å². The van der Waals surface area contributed by atoms with Crippen LogP contribution < -0.4 is 5.32 Å². The van der Waals surface area contributed by atoms with Crippen LogP contribution in [0, 0.1) is 17.5 Å². The Kier molecular flexibility index (Phi) is 6.43. The summed E-state index contributed by atoms with van der Waals surface area (Å²) in [5.74, 6) is -3.79. The lowest BCUT2D eigenvalue weighted by Gasteiger charge is -2.30. The van der Waals surface area contributed by atoms with Crippen molar-refractivity contribution in [1.29, 1.82) is 0 Å². The predicted octanol–water partition coefficient (Wildman–Crippen LogP) is 4.27. The van der Waals surface area contributed by atoms with E-state index in [1.54, 1.807) is 26.1 Å². The molecule has 0 aliphatic carbocycles. The minimum Gasteiger partial charge on any atom is -0.357 e. The zero-order valence-corrected chi connectivity index (χ0v) is 21.5. The lowest BCUT2D eigenvalue weighted by atomic mass is 9.98. The third-order valence-electron chi connectivity index (χ3n) is 6.59. The van der Waals surface area contributed by atoms with Crippen LogP contribution in [0.25, 0.3) is 0 Å². The second kappa shape index (κ2) is 9.50. The Labute approximate surface area is 221 Å². The van der Waals surface area contributed by atoms with Crippen LogP contribution in [0.4, 0.5) is 18.9 Å². The third-order valence-corrected chi connectivity index (χ3v) is 8.59. The number of fused-ring (bicyclic) bond motifs is 1. The van der Waals surface area contributed by atoms with E-state index in [0.29, 0.717) is 23.0 Å². The number of amides is 1. The van der Waals surface area contributed by atoms with Gasteiger partial charge in [-0.25, -0.2) is 21.6 Å². The van der Waals surface area contributed by atoms with E-state index in [4.69, 9.17) is 0 Å². The molecule has 1 aliphatic rings. The fourth-order valence-electron chi connectivity index (χ4n) is 4.65. The molecule has 9 nitrogen and oxygen atoms in total. The van der Waals surface area contributed by atoms with Gasteiger partial charge in [0.05, 0.1) is 28.2 Å². The number of anilines is 1. The summed E-state index contributed by atoms with van der Waals surface area (Å²) >= 11 is 0. The van der Waals surface area contributed by atoms with Crippen molar-refractivity contribution in [2.24, 2.45) is 0 Å². The number of hydrogen-bond acceptors (Lipinski definition) is 5. The van der Waals surface area contributed by atoms with Crippen molar-refractivity contribution in [3.05, 3.63) is 100 Å². The van der Waals surface area contributed by atoms with Crippen molar-refractivity contribution >= 4 is 27.4 Å². The fraction of sp³-hybridized carbons (Fsp3) is 0.192. The van der Waals surface area contributed by atoms with Crippen molar-refractivity contribution in [1.82, 2.24) is 19.5 Å². The number of H-pyrrole nitrogens is 2. The monoisotopic (exact) mass is 557 g/mol. The molecule has 0 radical (unpaired) electrons. The van der Waals surface area contributed by atoms with E-state index in [2.05, 4.69) is 20.5 Å². The van der Waals surface area contributed by atoms with Gasteiger partial charge in [-0.15, -0.1) is 0 Å². The summed E-state index contributed by atoms with van der Waals surface area (Å²) in [6, 6.07) is 8.54. The van der Waals surface area contributed by atoms with Gasteiger partial charge >= 0.3 is 0 Å². The zero-order chi connectivity index (χ0) is 28.1. The summed E-state index contributed by atoms with van der Waals surface area (Å²) in [5, 5.41) is 9.55. The molecule has 3 heterocycles. The van der Waals surface area contributed by atoms with Gasteiger partial charge in [0.25, 0.3) is 5.91 Å². The summed E-state index contributed by atoms with van der Waals surface area (Å²) in [4.78, 5) is 28.0. The lowest BCUT2D eigenvalue weighted by molar-refractivity contribution is 0.0992. The SMILES string of the molecule is CC1(C)c2n[nH]c(CC(=O)c3ccc(F)cc3NC(=O)c3ccc[nH]3)c2CN1S(=O)(=O)c1cc(F)cc(F)c1. The van der Waals surface area contributed by atoms with Crippen molar-refractivity contribution in [3.8, 4) is 0 Å². The quantitative estimate of drug-likeness (QED) is 0.293. The average molecular weight is 558 g/mol. The number of aromatic nitrogens is 3. The van der Waals surface area contributed by atoms with Crippen LogP contribution in [-0.4, -0.2) is 39.6 Å². The smallest absolute Gasteiger partial charge is 0.272 e. The molecule has 1 aliphatic heterocycles. The first kappa shape index (κ1) is 26.4. The van der Waals surface area contributed by atoms with Gasteiger partial charge in [0.15, 0.2) is 5.78 Å². The Hall–Kier alpha value is -4.23. The Morgan fingerprint density at radius 3 is 2.44 bits per heavy atom. The number of ketones is 1. The minimum absolute atomic E-state index is 0.0339. The fourth-order valence-corrected chi connectivity index (χ4v) is 6.42. The largest absolute Gasteiger partial charge is 0.357 e. The molecule has 3 N–H and O–H groups in total. The maximum absolute atomic E-state index is 14.0. The van der Waals surface area contributed by atoms with Crippen molar-refractivity contribution in [2.45, 2.75) is 37.2 Å². The number of hydrogen-bond donors (Lipinski definition) is 3. The molecule has 4 aromatic rings. The number of sulfonamides is 1. The maximum atomic E-state index is 14.0. The Morgan fingerprint density at radius 2 is 1.77 bits per heavy atom. The van der Waals surface area contributed by atoms with Crippen LogP contribution >= 0.6 is 0 Å². The Bertz CT molecular complexity index is 1690. The van der Waals surface area contributed by atoms with Crippen molar-refractivity contribution in [2.75, 3.05) is 5.32 Å². The third kappa shape index (κ3) is 4.74. The molecule has 0 unspecified atom stereocenters. The highest BCUT2D eigenvalue weighted by Crippen LogP contribution is 2.42. The van der Waals surface area contributed by atoms with E-state index >= 15 is 0 Å². The summed E-state index contributed by atoms with van der Waals surface area (Å²) in [5.41, 5.74) is 0.116. The summed E-state index contributed by atoms with van der Waals surface area (Å²) in [6.07, 6.45) is 1.28. The van der Waals surface area contributed by atoms with Crippen LogP contribution in [0.5, 0.6) is 0 Å². The number of carbonyl (C=O) groups is 2.